The second kappa shape index (κ2) is 5.07. The average Bonchev–Trinajstić information content (AvgIpc) is 2.92. The standard InChI is InChI=1S/C13H13NO3S3/c1-9-14(6-2-8-20(15,16)17)13-10-5-7-18-11(10)3-4-12(13)19-9/h3-5,7H,2,6,8H2,1H3. The van der Waals surface area contributed by atoms with E-state index in [2.05, 4.69) is 28.1 Å². The number of thiazole rings is 1. The molecule has 0 fully saturated rings. The van der Waals surface area contributed by atoms with Crippen molar-refractivity contribution >= 4 is 53.1 Å². The van der Waals surface area contributed by atoms with Crippen molar-refractivity contribution in [1.29, 1.82) is 0 Å². The zero-order valence-corrected chi connectivity index (χ0v) is 13.3. The van der Waals surface area contributed by atoms with Crippen molar-refractivity contribution in [3.8, 4) is 0 Å². The van der Waals surface area contributed by atoms with E-state index in [9.17, 15) is 13.0 Å². The fraction of sp³-hybridized carbons (Fsp3) is 0.308. The topological polar surface area (TPSA) is 61.1 Å². The normalized spacial score (nSPS) is 12.5. The molecule has 1 aromatic carbocycles. The minimum absolute atomic E-state index is 0.309. The summed E-state index contributed by atoms with van der Waals surface area (Å²) in [5, 5.41) is 4.38. The Labute approximate surface area is 125 Å². The molecule has 0 atom stereocenters. The van der Waals surface area contributed by atoms with E-state index < -0.39 is 10.1 Å². The van der Waals surface area contributed by atoms with Gasteiger partial charge in [-0.3, -0.25) is 0 Å². The monoisotopic (exact) mass is 327 g/mol. The number of nitrogens with zero attached hydrogens (tertiary/aromatic N) is 1. The van der Waals surface area contributed by atoms with E-state index in [1.165, 1.54) is 14.8 Å². The van der Waals surface area contributed by atoms with Crippen LogP contribution in [0.1, 0.15) is 11.4 Å². The highest BCUT2D eigenvalue weighted by Gasteiger charge is 2.20. The van der Waals surface area contributed by atoms with Crippen molar-refractivity contribution in [2.24, 2.45) is 0 Å². The zero-order chi connectivity index (χ0) is 14.3. The third-order valence-corrected chi connectivity index (χ3v) is 5.99. The summed E-state index contributed by atoms with van der Waals surface area (Å²) < 4.78 is 36.7. The molecule has 4 nitrogen and oxygen atoms in total. The van der Waals surface area contributed by atoms with Crippen molar-refractivity contribution in [1.82, 2.24) is 0 Å². The molecule has 0 amide bonds. The van der Waals surface area contributed by atoms with Crippen molar-refractivity contribution in [2.75, 3.05) is 5.75 Å². The Morgan fingerprint density at radius 1 is 1.25 bits per heavy atom. The molecule has 0 aliphatic heterocycles. The maximum absolute atomic E-state index is 10.7. The smallest absolute Gasteiger partial charge is 0.235 e. The fourth-order valence-electron chi connectivity index (χ4n) is 2.41. The van der Waals surface area contributed by atoms with Crippen molar-refractivity contribution in [2.45, 2.75) is 19.9 Å². The third kappa shape index (κ3) is 2.58. The molecular formula is C13H13NO3S3. The van der Waals surface area contributed by atoms with Gasteiger partial charge in [-0.1, -0.05) is 11.3 Å². The van der Waals surface area contributed by atoms with Gasteiger partial charge in [-0.15, -0.1) is 11.3 Å². The van der Waals surface area contributed by atoms with Crippen molar-refractivity contribution < 1.29 is 17.5 Å². The Morgan fingerprint density at radius 2 is 2.00 bits per heavy atom. The molecule has 7 heteroatoms. The van der Waals surface area contributed by atoms with E-state index in [1.54, 1.807) is 22.7 Å². The number of benzene rings is 1. The van der Waals surface area contributed by atoms with Crippen LogP contribution in [0.3, 0.4) is 0 Å². The maximum atomic E-state index is 10.7. The van der Waals surface area contributed by atoms with Gasteiger partial charge >= 0.3 is 0 Å². The molecule has 2 aromatic heterocycles. The first-order valence-corrected chi connectivity index (χ1v) is 9.46. The summed E-state index contributed by atoms with van der Waals surface area (Å²) in [5.74, 6) is -0.309. The zero-order valence-electron chi connectivity index (χ0n) is 10.8. The molecule has 0 saturated carbocycles. The molecule has 0 aliphatic rings. The molecule has 106 valence electrons. The van der Waals surface area contributed by atoms with Crippen LogP contribution >= 0.6 is 22.7 Å². The second-order valence-corrected chi connectivity index (χ2v) is 8.34. The molecule has 3 rings (SSSR count). The molecule has 2 heterocycles. The lowest BCUT2D eigenvalue weighted by atomic mass is 10.2. The Morgan fingerprint density at radius 3 is 2.75 bits per heavy atom. The molecular weight excluding hydrogens is 314 g/mol. The highest BCUT2D eigenvalue weighted by atomic mass is 32.2. The third-order valence-electron chi connectivity index (χ3n) is 3.25. The first-order chi connectivity index (χ1) is 9.46. The number of aromatic nitrogens is 1. The van der Waals surface area contributed by atoms with Gasteiger partial charge < -0.3 is 4.55 Å². The van der Waals surface area contributed by atoms with Crippen molar-refractivity contribution in [3.05, 3.63) is 28.6 Å². The molecule has 0 spiro atoms. The van der Waals surface area contributed by atoms with Gasteiger partial charge in [0.05, 0.1) is 15.5 Å². The van der Waals surface area contributed by atoms with Gasteiger partial charge in [-0.2, -0.15) is 4.57 Å². The number of rotatable bonds is 4. The lowest BCUT2D eigenvalue weighted by molar-refractivity contribution is -0.672. The van der Waals surface area contributed by atoms with Gasteiger partial charge in [0.1, 0.15) is 4.70 Å². The van der Waals surface area contributed by atoms with Gasteiger partial charge in [0, 0.05) is 23.8 Å². The van der Waals surface area contributed by atoms with Crippen LogP contribution in [-0.4, -0.2) is 18.7 Å². The number of hydrogen-bond acceptors (Lipinski definition) is 5. The molecule has 0 saturated heterocycles. The number of aryl methyl sites for hydroxylation is 2. The highest BCUT2D eigenvalue weighted by Crippen LogP contribution is 2.30. The van der Waals surface area contributed by atoms with Gasteiger partial charge in [0.2, 0.25) is 10.5 Å². The van der Waals surface area contributed by atoms with Crippen LogP contribution in [0.2, 0.25) is 0 Å². The summed E-state index contributed by atoms with van der Waals surface area (Å²) in [6.45, 7) is 2.58. The molecule has 0 N–H and O–H groups in total. The quantitative estimate of drug-likeness (QED) is 0.547. The first kappa shape index (κ1) is 13.9. The molecule has 20 heavy (non-hydrogen) atoms. The van der Waals surface area contributed by atoms with E-state index in [-0.39, 0.29) is 5.75 Å². The van der Waals surface area contributed by atoms with Crippen LogP contribution in [0.15, 0.2) is 23.6 Å². The average molecular weight is 327 g/mol. The van der Waals surface area contributed by atoms with Gasteiger partial charge in [0.15, 0.2) is 6.54 Å². The van der Waals surface area contributed by atoms with E-state index in [0.29, 0.717) is 13.0 Å². The van der Waals surface area contributed by atoms with E-state index in [0.717, 1.165) is 10.5 Å². The number of fused-ring (bicyclic) bond motifs is 3. The van der Waals surface area contributed by atoms with Crippen LogP contribution in [0.25, 0.3) is 20.3 Å². The van der Waals surface area contributed by atoms with Crippen LogP contribution in [0.4, 0.5) is 0 Å². The van der Waals surface area contributed by atoms with Crippen molar-refractivity contribution in [3.63, 3.8) is 0 Å². The Balaban J connectivity index is 2.05. The number of hydrogen-bond donors (Lipinski definition) is 0. The Kier molecular flexibility index (Phi) is 3.53. The van der Waals surface area contributed by atoms with Crippen LogP contribution in [-0.2, 0) is 16.7 Å². The summed E-state index contributed by atoms with van der Waals surface area (Å²) in [6, 6.07) is 6.31. The van der Waals surface area contributed by atoms with Crippen LogP contribution in [0.5, 0.6) is 0 Å². The Hall–Kier alpha value is -1.02. The molecule has 0 aliphatic carbocycles. The largest absolute Gasteiger partial charge is 0.748 e. The van der Waals surface area contributed by atoms with Gasteiger partial charge in [0.25, 0.3) is 0 Å². The van der Waals surface area contributed by atoms with E-state index >= 15 is 0 Å². The minimum atomic E-state index is -4.13. The second-order valence-electron chi connectivity index (χ2n) is 4.63. The number of thiophene rings is 1. The fourth-order valence-corrected chi connectivity index (χ4v) is 4.75. The summed E-state index contributed by atoms with van der Waals surface area (Å²) in [5.41, 5.74) is 1.15. The Bertz CT molecular complexity index is 877. The minimum Gasteiger partial charge on any atom is -0.748 e. The SMILES string of the molecule is Cc1sc2ccc3sccc3c2[n+]1CCCS(=O)(=O)[O-]. The molecule has 3 aromatic rings. The summed E-state index contributed by atoms with van der Waals surface area (Å²) in [7, 11) is -4.13. The highest BCUT2D eigenvalue weighted by molar-refractivity contribution is 7.85. The molecule has 0 radical (unpaired) electrons. The van der Waals surface area contributed by atoms with Gasteiger partial charge in [-0.05, 0) is 23.6 Å². The molecule has 0 bridgehead atoms. The summed E-state index contributed by atoms with van der Waals surface area (Å²) >= 11 is 3.39. The van der Waals surface area contributed by atoms with Gasteiger partial charge in [-0.25, -0.2) is 8.42 Å². The van der Waals surface area contributed by atoms with Crippen LogP contribution in [0, 0.1) is 6.92 Å². The molecule has 0 unspecified atom stereocenters. The maximum Gasteiger partial charge on any atom is 0.235 e. The predicted molar refractivity (Wildman–Crippen MR) is 81.3 cm³/mol. The summed E-state index contributed by atoms with van der Waals surface area (Å²) in [6.07, 6.45) is 0.351. The predicted octanol–water partition coefficient (Wildman–Crippen LogP) is 2.65. The van der Waals surface area contributed by atoms with E-state index in [1.807, 2.05) is 6.92 Å². The lowest BCUT2D eigenvalue weighted by Gasteiger charge is -2.04. The van der Waals surface area contributed by atoms with E-state index in [4.69, 9.17) is 0 Å². The lowest BCUT2D eigenvalue weighted by Crippen LogP contribution is -2.36. The van der Waals surface area contributed by atoms with Crippen LogP contribution < -0.4 is 4.57 Å². The summed E-state index contributed by atoms with van der Waals surface area (Å²) in [4.78, 5) is 0. The first-order valence-electron chi connectivity index (χ1n) is 6.18.